The van der Waals surface area contributed by atoms with Crippen molar-refractivity contribution < 1.29 is 0 Å². The van der Waals surface area contributed by atoms with Crippen LogP contribution >= 0.6 is 23.9 Å². The molecule has 0 bridgehead atoms. The highest BCUT2D eigenvalue weighted by Crippen LogP contribution is 2.15. The van der Waals surface area contributed by atoms with Crippen LogP contribution in [0.5, 0.6) is 0 Å². The van der Waals surface area contributed by atoms with Crippen LogP contribution in [0.4, 0.5) is 0 Å². The standard InChI is InChI=1S/C3H5N2S2/c1-6-5-2-3-7-4-5/h2-4H,1H2. The fourth-order valence-corrected chi connectivity index (χ4v) is 1.24. The Morgan fingerprint density at radius 2 is 2.71 bits per heavy atom. The number of nitrogens with one attached hydrogen (secondary N) is 1. The van der Waals surface area contributed by atoms with Gasteiger partial charge in [-0.1, -0.05) is 0 Å². The third kappa shape index (κ3) is 1.29. The van der Waals surface area contributed by atoms with Crippen molar-refractivity contribution in [1.82, 2.24) is 9.25 Å². The molecule has 1 aliphatic rings. The first-order valence-electron chi connectivity index (χ1n) is 1.73. The van der Waals surface area contributed by atoms with Crippen LogP contribution < -0.4 is 4.83 Å². The molecule has 39 valence electrons. The van der Waals surface area contributed by atoms with Crippen molar-refractivity contribution in [3.8, 4) is 0 Å². The number of hydrazine groups is 1. The molecule has 1 N–H and O–H groups in total. The Morgan fingerprint density at radius 1 is 1.86 bits per heavy atom. The summed E-state index contributed by atoms with van der Waals surface area (Å²) < 4.78 is 1.82. The Balaban J connectivity index is 2.28. The van der Waals surface area contributed by atoms with Crippen molar-refractivity contribution in [2.45, 2.75) is 0 Å². The van der Waals surface area contributed by atoms with Crippen molar-refractivity contribution in [2.24, 2.45) is 0 Å². The Kier molecular flexibility index (Phi) is 1.90. The molecule has 0 aromatic rings. The number of nitrogens with zero attached hydrogens (tertiary/aromatic N) is 1. The topological polar surface area (TPSA) is 15.3 Å². The molecule has 0 aliphatic carbocycles. The van der Waals surface area contributed by atoms with Crippen LogP contribution in [0.25, 0.3) is 0 Å². The zero-order valence-electron chi connectivity index (χ0n) is 3.63. The van der Waals surface area contributed by atoms with Gasteiger partial charge in [0, 0.05) is 17.9 Å². The summed E-state index contributed by atoms with van der Waals surface area (Å²) in [6.07, 6.45) is 5.50. The molecule has 1 aliphatic heterocycles. The molecule has 4 heteroatoms. The van der Waals surface area contributed by atoms with Crippen molar-refractivity contribution in [2.75, 3.05) is 0 Å². The minimum atomic E-state index is 1.40. The van der Waals surface area contributed by atoms with Crippen molar-refractivity contribution >= 4 is 23.9 Å². The lowest BCUT2D eigenvalue weighted by molar-refractivity contribution is 0.623. The Morgan fingerprint density at radius 3 is 3.00 bits per heavy atom. The average Bonchev–Trinajstić information content (AvgIpc) is 2.14. The van der Waals surface area contributed by atoms with E-state index >= 15 is 0 Å². The monoisotopic (exact) mass is 133 g/mol. The number of hydrogen-bond acceptors (Lipinski definition) is 4. The van der Waals surface area contributed by atoms with Crippen LogP contribution in [0, 0.1) is 6.26 Å². The van der Waals surface area contributed by atoms with E-state index in [1.807, 2.05) is 16.0 Å². The molecule has 1 rings (SSSR count). The summed E-state index contributed by atoms with van der Waals surface area (Å²) >= 11 is 2.94. The second-order valence-corrected chi connectivity index (χ2v) is 2.29. The normalized spacial score (nSPS) is 18.7. The maximum Gasteiger partial charge on any atom is 0.0372 e. The van der Waals surface area contributed by atoms with Gasteiger partial charge >= 0.3 is 0 Å². The third-order valence-electron chi connectivity index (χ3n) is 0.546. The molecule has 2 nitrogen and oxygen atoms in total. The molecule has 1 radical (unpaired) electrons. The summed E-state index contributed by atoms with van der Waals surface area (Å²) in [5.74, 6) is 0. The number of hydrogen-bond donors (Lipinski definition) is 1. The zero-order chi connectivity index (χ0) is 5.11. The molecule has 0 fully saturated rings. The molecule has 0 spiro atoms. The van der Waals surface area contributed by atoms with Gasteiger partial charge < -0.3 is 0 Å². The minimum absolute atomic E-state index is 1.40. The fraction of sp³-hybridized carbons (Fsp3) is 0. The highest BCUT2D eigenvalue weighted by molar-refractivity contribution is 8.02. The van der Waals surface area contributed by atoms with Crippen LogP contribution in [-0.2, 0) is 0 Å². The van der Waals surface area contributed by atoms with E-state index in [1.54, 1.807) is 11.9 Å². The highest BCUT2D eigenvalue weighted by Gasteiger charge is 1.98. The molecule has 0 saturated carbocycles. The lowest BCUT2D eigenvalue weighted by atomic mass is 11.1. The lowest BCUT2D eigenvalue weighted by Crippen LogP contribution is -2.13. The minimum Gasteiger partial charge on any atom is -0.247 e. The number of rotatable bonds is 1. The van der Waals surface area contributed by atoms with Crippen LogP contribution in [0.3, 0.4) is 0 Å². The molecule has 1 heterocycles. The molecular formula is C3H5N2S2. The van der Waals surface area contributed by atoms with E-state index in [1.165, 1.54) is 11.9 Å². The molecule has 0 unspecified atom stereocenters. The Bertz CT molecular complexity index is 83.0. The van der Waals surface area contributed by atoms with E-state index in [9.17, 15) is 0 Å². The lowest BCUT2D eigenvalue weighted by Gasteiger charge is -2.07. The Labute approximate surface area is 51.6 Å². The molecule has 7 heavy (non-hydrogen) atoms. The van der Waals surface area contributed by atoms with Crippen molar-refractivity contribution in [3.63, 3.8) is 0 Å². The fourth-order valence-electron chi connectivity index (χ4n) is 0.268. The molecule has 0 saturated heterocycles. The van der Waals surface area contributed by atoms with Crippen LogP contribution in [-0.4, -0.2) is 4.41 Å². The predicted molar refractivity (Wildman–Crippen MR) is 34.7 cm³/mol. The van der Waals surface area contributed by atoms with E-state index in [0.29, 0.717) is 0 Å². The smallest absolute Gasteiger partial charge is 0.0372 e. The van der Waals surface area contributed by atoms with Gasteiger partial charge in [0.1, 0.15) is 0 Å². The second kappa shape index (κ2) is 2.49. The van der Waals surface area contributed by atoms with Gasteiger partial charge in [-0.3, -0.25) is 0 Å². The molecule has 0 aromatic heterocycles. The van der Waals surface area contributed by atoms with Crippen LogP contribution in [0.2, 0.25) is 0 Å². The molecule has 0 aromatic carbocycles. The molecular weight excluding hydrogens is 128 g/mol. The maximum atomic E-state index is 3.58. The van der Waals surface area contributed by atoms with Gasteiger partial charge in [-0.2, -0.15) is 4.83 Å². The zero-order valence-corrected chi connectivity index (χ0v) is 5.26. The summed E-state index contributed by atoms with van der Waals surface area (Å²) in [4.78, 5) is 2.95. The first kappa shape index (κ1) is 5.34. The SMILES string of the molecule is [CH2]SN1C=CSN1. The Hall–Kier alpha value is 0.200. The molecule has 0 atom stereocenters. The maximum absolute atomic E-state index is 3.58. The summed E-state index contributed by atoms with van der Waals surface area (Å²) in [6.45, 7) is 0. The van der Waals surface area contributed by atoms with E-state index in [-0.39, 0.29) is 0 Å². The van der Waals surface area contributed by atoms with Gasteiger partial charge in [0.25, 0.3) is 0 Å². The van der Waals surface area contributed by atoms with Gasteiger partial charge in [-0.05, 0) is 23.9 Å². The van der Waals surface area contributed by atoms with Gasteiger partial charge in [-0.15, -0.1) is 0 Å². The summed E-state index contributed by atoms with van der Waals surface area (Å²) in [7, 11) is 0. The largest absolute Gasteiger partial charge is 0.247 e. The van der Waals surface area contributed by atoms with Gasteiger partial charge in [0.2, 0.25) is 0 Å². The molecule has 0 amide bonds. The van der Waals surface area contributed by atoms with Gasteiger partial charge in [0.05, 0.1) is 0 Å². The predicted octanol–water partition coefficient (Wildman–Crippen LogP) is 1.37. The average molecular weight is 133 g/mol. The highest BCUT2D eigenvalue weighted by atomic mass is 32.2. The van der Waals surface area contributed by atoms with E-state index in [2.05, 4.69) is 11.1 Å². The second-order valence-electron chi connectivity index (χ2n) is 0.949. The first-order valence-corrected chi connectivity index (χ1v) is 3.55. The van der Waals surface area contributed by atoms with Gasteiger partial charge in [0.15, 0.2) is 0 Å². The summed E-state index contributed by atoms with van der Waals surface area (Å²) in [6, 6.07) is 0. The van der Waals surface area contributed by atoms with Crippen molar-refractivity contribution in [1.29, 1.82) is 0 Å². The summed E-state index contributed by atoms with van der Waals surface area (Å²) in [5, 5.41) is 1.96. The van der Waals surface area contributed by atoms with Crippen molar-refractivity contribution in [3.05, 3.63) is 17.9 Å². The summed E-state index contributed by atoms with van der Waals surface area (Å²) in [5.41, 5.74) is 0. The van der Waals surface area contributed by atoms with Gasteiger partial charge in [-0.25, -0.2) is 4.41 Å². The van der Waals surface area contributed by atoms with E-state index < -0.39 is 0 Å². The first-order chi connectivity index (χ1) is 3.43. The third-order valence-corrected chi connectivity index (χ3v) is 1.71. The van der Waals surface area contributed by atoms with Crippen LogP contribution in [0.15, 0.2) is 11.6 Å². The van der Waals surface area contributed by atoms with Crippen LogP contribution in [0.1, 0.15) is 0 Å². The van der Waals surface area contributed by atoms with E-state index in [0.717, 1.165) is 0 Å². The quantitative estimate of drug-likeness (QED) is 0.543. The van der Waals surface area contributed by atoms with E-state index in [4.69, 9.17) is 0 Å².